The van der Waals surface area contributed by atoms with E-state index in [0.717, 1.165) is 42.6 Å². The molecule has 5 nitrogen and oxygen atoms in total. The minimum atomic E-state index is -0.291. The highest BCUT2D eigenvalue weighted by atomic mass is 16.7. The van der Waals surface area contributed by atoms with Crippen LogP contribution in [0.2, 0.25) is 0 Å². The summed E-state index contributed by atoms with van der Waals surface area (Å²) in [6.45, 7) is 0.429. The van der Waals surface area contributed by atoms with Crippen LogP contribution in [0.5, 0.6) is 11.5 Å². The van der Waals surface area contributed by atoms with Crippen LogP contribution < -0.4 is 9.47 Å². The van der Waals surface area contributed by atoms with E-state index in [2.05, 4.69) is 18.2 Å². The topological polar surface area (TPSA) is 55.8 Å². The first kappa shape index (κ1) is 14.3. The molecule has 2 atom stereocenters. The molecule has 0 unspecified atom stereocenters. The van der Waals surface area contributed by atoms with E-state index in [0.29, 0.717) is 6.42 Å². The average Bonchev–Trinajstić information content (AvgIpc) is 3.15. The number of benzene rings is 1. The maximum Gasteiger partial charge on any atom is 0.231 e. The summed E-state index contributed by atoms with van der Waals surface area (Å²) in [6, 6.07) is 6.02. The van der Waals surface area contributed by atoms with E-state index < -0.39 is 0 Å². The van der Waals surface area contributed by atoms with E-state index in [9.17, 15) is 9.59 Å². The predicted molar refractivity (Wildman–Crippen MR) is 83.4 cm³/mol. The standard InChI is InChI=1S/C18H19NO4/c20-10-9-19-17(21)6-8-18(19)7-2-1-3-14(18)13-4-5-15-16(11-13)23-12-22-15/h1-2,4-5,10-11,14H,3,6-9,12H2/t14-,18+/m0/s1. The van der Waals surface area contributed by atoms with Gasteiger partial charge in [0.1, 0.15) is 6.29 Å². The Balaban J connectivity index is 1.75. The number of rotatable bonds is 3. The third kappa shape index (κ3) is 2.14. The number of ether oxygens (including phenoxy) is 2. The van der Waals surface area contributed by atoms with Gasteiger partial charge < -0.3 is 19.2 Å². The summed E-state index contributed by atoms with van der Waals surface area (Å²) in [5, 5.41) is 0. The van der Waals surface area contributed by atoms with E-state index in [1.807, 2.05) is 12.1 Å². The maximum absolute atomic E-state index is 12.3. The molecule has 1 aliphatic carbocycles. The van der Waals surface area contributed by atoms with E-state index in [1.165, 1.54) is 0 Å². The normalized spacial score (nSPS) is 28.6. The lowest BCUT2D eigenvalue weighted by molar-refractivity contribution is -0.134. The summed E-state index contributed by atoms with van der Waals surface area (Å²) >= 11 is 0. The zero-order valence-corrected chi connectivity index (χ0v) is 12.9. The fourth-order valence-corrected chi connectivity index (χ4v) is 4.23. The largest absolute Gasteiger partial charge is 0.454 e. The molecule has 0 saturated carbocycles. The highest BCUT2D eigenvalue weighted by Crippen LogP contribution is 2.49. The lowest BCUT2D eigenvalue weighted by atomic mass is 9.70. The molecule has 1 fully saturated rings. The minimum absolute atomic E-state index is 0.0816. The minimum Gasteiger partial charge on any atom is -0.454 e. The Labute approximate surface area is 134 Å². The van der Waals surface area contributed by atoms with Crippen molar-refractivity contribution < 1.29 is 19.1 Å². The van der Waals surface area contributed by atoms with E-state index in [1.54, 1.807) is 4.90 Å². The van der Waals surface area contributed by atoms with Crippen molar-refractivity contribution in [2.45, 2.75) is 37.1 Å². The first-order valence-electron chi connectivity index (χ1n) is 8.03. The van der Waals surface area contributed by atoms with Crippen molar-refractivity contribution >= 4 is 12.2 Å². The third-order valence-electron chi connectivity index (χ3n) is 5.32. The number of hydrogen-bond donors (Lipinski definition) is 0. The molecule has 0 N–H and O–H groups in total. The molecular weight excluding hydrogens is 294 g/mol. The summed E-state index contributed by atoms with van der Waals surface area (Å²) in [4.78, 5) is 25.2. The Morgan fingerprint density at radius 1 is 1.26 bits per heavy atom. The lowest BCUT2D eigenvalue weighted by Crippen LogP contribution is -2.51. The zero-order valence-electron chi connectivity index (χ0n) is 12.9. The van der Waals surface area contributed by atoms with Crippen LogP contribution in [-0.2, 0) is 9.59 Å². The molecule has 1 saturated heterocycles. The first-order chi connectivity index (χ1) is 11.2. The third-order valence-corrected chi connectivity index (χ3v) is 5.32. The van der Waals surface area contributed by atoms with Crippen molar-refractivity contribution in [2.75, 3.05) is 13.3 Å². The highest BCUT2D eigenvalue weighted by molar-refractivity contribution is 5.82. The molecule has 5 heteroatoms. The number of aldehydes is 1. The second kappa shape index (κ2) is 5.41. The van der Waals surface area contributed by atoms with Crippen LogP contribution in [0.3, 0.4) is 0 Å². The van der Waals surface area contributed by atoms with Gasteiger partial charge in [-0.3, -0.25) is 4.79 Å². The van der Waals surface area contributed by atoms with Gasteiger partial charge in [0, 0.05) is 12.3 Å². The molecule has 1 spiro atoms. The zero-order chi connectivity index (χ0) is 15.9. The van der Waals surface area contributed by atoms with Crippen molar-refractivity contribution in [3.8, 4) is 11.5 Å². The molecular formula is C18H19NO4. The summed E-state index contributed by atoms with van der Waals surface area (Å²) in [5.74, 6) is 1.78. The molecule has 4 rings (SSSR count). The van der Waals surface area contributed by atoms with Crippen LogP contribution in [0.25, 0.3) is 0 Å². The van der Waals surface area contributed by atoms with Crippen molar-refractivity contribution in [2.24, 2.45) is 0 Å². The number of nitrogens with zero attached hydrogens (tertiary/aromatic N) is 1. The SMILES string of the molecule is O=CCN1C(=O)CC[C@@]12CC=CC[C@H]2c1ccc2c(c1)OCO2. The quantitative estimate of drug-likeness (QED) is 0.635. The molecule has 1 amide bonds. The van der Waals surface area contributed by atoms with Gasteiger partial charge in [-0.25, -0.2) is 0 Å². The molecule has 1 aromatic rings. The second-order valence-electron chi connectivity index (χ2n) is 6.35. The Hall–Kier alpha value is -2.30. The monoisotopic (exact) mass is 313 g/mol. The molecule has 23 heavy (non-hydrogen) atoms. The van der Waals surface area contributed by atoms with Gasteiger partial charge in [0.15, 0.2) is 11.5 Å². The Morgan fingerprint density at radius 3 is 3.00 bits per heavy atom. The number of fused-ring (bicyclic) bond motifs is 1. The van der Waals surface area contributed by atoms with Crippen LogP contribution >= 0.6 is 0 Å². The van der Waals surface area contributed by atoms with E-state index in [4.69, 9.17) is 9.47 Å². The average molecular weight is 313 g/mol. The van der Waals surface area contributed by atoms with Gasteiger partial charge >= 0.3 is 0 Å². The molecule has 0 bridgehead atoms. The smallest absolute Gasteiger partial charge is 0.231 e. The van der Waals surface area contributed by atoms with Gasteiger partial charge in [-0.15, -0.1) is 0 Å². The Morgan fingerprint density at radius 2 is 2.13 bits per heavy atom. The first-order valence-corrected chi connectivity index (χ1v) is 8.03. The molecule has 2 aliphatic heterocycles. The highest BCUT2D eigenvalue weighted by Gasteiger charge is 2.50. The number of hydrogen-bond acceptors (Lipinski definition) is 4. The van der Waals surface area contributed by atoms with Gasteiger partial charge in [0.25, 0.3) is 0 Å². The summed E-state index contributed by atoms with van der Waals surface area (Å²) in [6.07, 6.45) is 8.11. The molecule has 3 aliphatic rings. The Bertz CT molecular complexity index is 684. The molecule has 1 aromatic carbocycles. The number of carbonyl (C=O) groups excluding carboxylic acids is 2. The van der Waals surface area contributed by atoms with Gasteiger partial charge in [-0.2, -0.15) is 0 Å². The maximum atomic E-state index is 12.3. The van der Waals surface area contributed by atoms with Crippen molar-refractivity contribution in [1.82, 2.24) is 4.90 Å². The summed E-state index contributed by atoms with van der Waals surface area (Å²) < 4.78 is 10.9. The number of allylic oxidation sites excluding steroid dienone is 1. The van der Waals surface area contributed by atoms with Gasteiger partial charge in [-0.1, -0.05) is 18.2 Å². The molecule has 120 valence electrons. The fourth-order valence-electron chi connectivity index (χ4n) is 4.23. The number of carbonyl (C=O) groups is 2. The van der Waals surface area contributed by atoms with Crippen molar-refractivity contribution in [3.63, 3.8) is 0 Å². The van der Waals surface area contributed by atoms with Crippen molar-refractivity contribution in [3.05, 3.63) is 35.9 Å². The van der Waals surface area contributed by atoms with Crippen molar-refractivity contribution in [1.29, 1.82) is 0 Å². The predicted octanol–water partition coefficient (Wildman–Crippen LogP) is 2.41. The second-order valence-corrected chi connectivity index (χ2v) is 6.35. The van der Waals surface area contributed by atoms with E-state index in [-0.39, 0.29) is 30.7 Å². The van der Waals surface area contributed by atoms with Gasteiger partial charge in [-0.05, 0) is 37.0 Å². The van der Waals surface area contributed by atoms with Gasteiger partial charge in [0.05, 0.1) is 12.1 Å². The van der Waals surface area contributed by atoms with Crippen LogP contribution in [-0.4, -0.2) is 36.0 Å². The van der Waals surface area contributed by atoms with E-state index >= 15 is 0 Å². The Kier molecular flexibility index (Phi) is 3.36. The summed E-state index contributed by atoms with van der Waals surface area (Å²) in [5.41, 5.74) is 0.852. The molecule has 0 aromatic heterocycles. The fraction of sp³-hybridized carbons (Fsp3) is 0.444. The lowest BCUT2D eigenvalue weighted by Gasteiger charge is -2.45. The van der Waals surface area contributed by atoms with Crippen LogP contribution in [0, 0.1) is 0 Å². The number of likely N-dealkylation sites (tertiary alicyclic amines) is 1. The van der Waals surface area contributed by atoms with Gasteiger partial charge in [0.2, 0.25) is 12.7 Å². The molecule has 0 radical (unpaired) electrons. The van der Waals surface area contributed by atoms with Crippen LogP contribution in [0.4, 0.5) is 0 Å². The summed E-state index contributed by atoms with van der Waals surface area (Å²) in [7, 11) is 0. The van der Waals surface area contributed by atoms with Crippen LogP contribution in [0.15, 0.2) is 30.4 Å². The number of amides is 1. The van der Waals surface area contributed by atoms with Crippen LogP contribution in [0.1, 0.15) is 37.2 Å². The molecule has 2 heterocycles.